The van der Waals surface area contributed by atoms with Crippen molar-refractivity contribution in [3.63, 3.8) is 0 Å². The first-order valence-electron chi connectivity index (χ1n) is 8.26. The fourth-order valence-electron chi connectivity index (χ4n) is 3.13. The minimum Gasteiger partial charge on any atom is -0.489 e. The molecule has 0 bridgehead atoms. The number of halogens is 1. The number of anilines is 1. The second kappa shape index (κ2) is 7.65. The number of carbonyl (C=O) groups is 1. The molecule has 0 atom stereocenters. The minimum absolute atomic E-state index is 0.00596. The monoisotopic (exact) mass is 363 g/mol. The van der Waals surface area contributed by atoms with E-state index in [-0.39, 0.29) is 6.03 Å². The van der Waals surface area contributed by atoms with Crippen molar-refractivity contribution in [3.8, 4) is 5.75 Å². The molecule has 1 saturated heterocycles. The lowest BCUT2D eigenvalue weighted by Gasteiger charge is -2.40. The predicted molar refractivity (Wildman–Crippen MR) is 98.8 cm³/mol. The van der Waals surface area contributed by atoms with Crippen LogP contribution in [-0.4, -0.2) is 68.4 Å². The summed E-state index contributed by atoms with van der Waals surface area (Å²) in [6, 6.07) is 5.34. The summed E-state index contributed by atoms with van der Waals surface area (Å²) in [5, 5.41) is 10.9. The molecular weight excluding hydrogens is 342 g/mol. The van der Waals surface area contributed by atoms with Gasteiger partial charge in [0.2, 0.25) is 0 Å². The maximum absolute atomic E-state index is 13.0. The summed E-state index contributed by atoms with van der Waals surface area (Å²) in [4.78, 5) is 18.7. The van der Waals surface area contributed by atoms with Crippen LogP contribution in [0.25, 0.3) is 0 Å². The fraction of sp³-hybridized carbons (Fsp3) is 0.412. The molecule has 3 rings (SSSR count). The van der Waals surface area contributed by atoms with Crippen LogP contribution in [0.2, 0.25) is 5.02 Å². The van der Waals surface area contributed by atoms with E-state index in [9.17, 15) is 4.79 Å². The molecule has 0 aromatic heterocycles. The van der Waals surface area contributed by atoms with Gasteiger partial charge in [-0.25, -0.2) is 4.79 Å². The molecule has 8 heteroatoms. The smallest absolute Gasteiger partial charge is 0.324 e. The standard InChI is InChI=1S/C17H22ClN5O2/c1-20-16(4-5-19)21-6-8-22(9-7-21)17(24)23-10-11-25-15-12-13(18)2-3-14(15)23/h2-5,12,19-20H,6-11H2,1H3/b16-4+,19-5?. The number of hydrogen-bond donors (Lipinski definition) is 2. The van der Waals surface area contributed by atoms with Gasteiger partial charge in [0.1, 0.15) is 18.2 Å². The molecule has 2 aliphatic heterocycles. The van der Waals surface area contributed by atoms with Gasteiger partial charge in [0, 0.05) is 50.5 Å². The molecule has 2 heterocycles. The SMILES string of the molecule is CN/C(=C\C=N)N1CCN(C(=O)N2CCOc3cc(Cl)ccc32)CC1. The molecule has 0 unspecified atom stereocenters. The maximum Gasteiger partial charge on any atom is 0.324 e. The molecule has 0 radical (unpaired) electrons. The van der Waals surface area contributed by atoms with Gasteiger partial charge < -0.3 is 25.3 Å². The van der Waals surface area contributed by atoms with Crippen LogP contribution in [-0.2, 0) is 0 Å². The van der Waals surface area contributed by atoms with Gasteiger partial charge in [-0.1, -0.05) is 11.6 Å². The summed E-state index contributed by atoms with van der Waals surface area (Å²) in [7, 11) is 1.84. The lowest BCUT2D eigenvalue weighted by Crippen LogP contribution is -2.54. The van der Waals surface area contributed by atoms with Crippen molar-refractivity contribution in [1.82, 2.24) is 15.1 Å². The number of ether oxygens (including phenoxy) is 1. The van der Waals surface area contributed by atoms with E-state index in [1.807, 2.05) is 18.0 Å². The lowest BCUT2D eigenvalue weighted by molar-refractivity contribution is 0.156. The van der Waals surface area contributed by atoms with E-state index in [0.717, 1.165) is 24.6 Å². The Balaban J connectivity index is 1.68. The zero-order valence-corrected chi connectivity index (χ0v) is 14.9. The normalized spacial score (nSPS) is 17.7. The van der Waals surface area contributed by atoms with Gasteiger partial charge in [0.25, 0.3) is 0 Å². The molecule has 0 saturated carbocycles. The summed E-state index contributed by atoms with van der Waals surface area (Å²) in [6.45, 7) is 3.72. The van der Waals surface area contributed by atoms with Gasteiger partial charge in [-0.05, 0) is 18.2 Å². The molecule has 2 aliphatic rings. The Morgan fingerprint density at radius 2 is 1.96 bits per heavy atom. The van der Waals surface area contributed by atoms with Crippen molar-refractivity contribution in [2.75, 3.05) is 51.3 Å². The topological polar surface area (TPSA) is 71.9 Å². The molecule has 1 aromatic carbocycles. The zero-order chi connectivity index (χ0) is 17.8. The van der Waals surface area contributed by atoms with Crippen LogP contribution in [0.3, 0.4) is 0 Å². The third-order valence-corrected chi connectivity index (χ3v) is 4.64. The molecule has 2 N–H and O–H groups in total. The average Bonchev–Trinajstić information content (AvgIpc) is 2.65. The third-order valence-electron chi connectivity index (χ3n) is 4.40. The Kier molecular flexibility index (Phi) is 5.33. The van der Waals surface area contributed by atoms with E-state index in [1.54, 1.807) is 23.1 Å². The zero-order valence-electron chi connectivity index (χ0n) is 14.2. The maximum atomic E-state index is 13.0. The molecule has 0 aliphatic carbocycles. The summed E-state index contributed by atoms with van der Waals surface area (Å²) >= 11 is 6.01. The molecule has 0 spiro atoms. The largest absolute Gasteiger partial charge is 0.489 e. The number of fused-ring (bicyclic) bond motifs is 1. The average molecular weight is 364 g/mol. The first kappa shape index (κ1) is 17.4. The molecule has 25 heavy (non-hydrogen) atoms. The Morgan fingerprint density at radius 1 is 1.24 bits per heavy atom. The predicted octanol–water partition coefficient (Wildman–Crippen LogP) is 1.99. The molecular formula is C17H22ClN5O2. The Labute approximate surface area is 152 Å². The van der Waals surface area contributed by atoms with Crippen LogP contribution < -0.4 is 15.0 Å². The number of carbonyl (C=O) groups excluding carboxylic acids is 1. The summed E-state index contributed by atoms with van der Waals surface area (Å²) in [5.74, 6) is 1.55. The Hall–Kier alpha value is -2.41. The number of urea groups is 1. The molecule has 7 nitrogen and oxygen atoms in total. The number of rotatable bonds is 3. The number of piperazine rings is 1. The van der Waals surface area contributed by atoms with E-state index in [0.29, 0.717) is 37.0 Å². The van der Waals surface area contributed by atoms with Crippen molar-refractivity contribution in [3.05, 3.63) is 35.1 Å². The Bertz CT molecular complexity index is 686. The molecule has 1 aromatic rings. The van der Waals surface area contributed by atoms with E-state index < -0.39 is 0 Å². The minimum atomic E-state index is -0.00596. The summed E-state index contributed by atoms with van der Waals surface area (Å²) in [5.41, 5.74) is 0.766. The fourth-order valence-corrected chi connectivity index (χ4v) is 3.29. The van der Waals surface area contributed by atoms with Gasteiger partial charge >= 0.3 is 6.03 Å². The van der Waals surface area contributed by atoms with Gasteiger partial charge in [-0.15, -0.1) is 0 Å². The van der Waals surface area contributed by atoms with Crippen molar-refractivity contribution in [2.45, 2.75) is 0 Å². The van der Waals surface area contributed by atoms with Gasteiger partial charge in [0.05, 0.1) is 12.2 Å². The van der Waals surface area contributed by atoms with Crippen LogP contribution in [0.4, 0.5) is 10.5 Å². The molecule has 134 valence electrons. The van der Waals surface area contributed by atoms with Crippen molar-refractivity contribution in [1.29, 1.82) is 5.41 Å². The van der Waals surface area contributed by atoms with E-state index in [1.165, 1.54) is 6.21 Å². The second-order valence-corrected chi connectivity index (χ2v) is 6.27. The van der Waals surface area contributed by atoms with Crippen LogP contribution in [0.15, 0.2) is 30.1 Å². The third kappa shape index (κ3) is 3.66. The second-order valence-electron chi connectivity index (χ2n) is 5.84. The highest BCUT2D eigenvalue weighted by molar-refractivity contribution is 6.30. The summed E-state index contributed by atoms with van der Waals surface area (Å²) in [6.07, 6.45) is 2.98. The highest BCUT2D eigenvalue weighted by atomic mass is 35.5. The molecule has 2 amide bonds. The van der Waals surface area contributed by atoms with Gasteiger partial charge in [-0.3, -0.25) is 4.90 Å². The highest BCUT2D eigenvalue weighted by Gasteiger charge is 2.30. The van der Waals surface area contributed by atoms with Crippen molar-refractivity contribution in [2.24, 2.45) is 0 Å². The number of benzene rings is 1. The first-order chi connectivity index (χ1) is 12.1. The van der Waals surface area contributed by atoms with Crippen molar-refractivity contribution >= 4 is 29.5 Å². The van der Waals surface area contributed by atoms with Gasteiger partial charge in [0.15, 0.2) is 0 Å². The quantitative estimate of drug-likeness (QED) is 0.806. The Morgan fingerprint density at radius 3 is 2.64 bits per heavy atom. The first-order valence-corrected chi connectivity index (χ1v) is 8.64. The number of nitrogens with zero attached hydrogens (tertiary/aromatic N) is 3. The number of amides is 2. The number of hydrogen-bond acceptors (Lipinski definition) is 5. The van der Waals surface area contributed by atoms with E-state index in [2.05, 4.69) is 10.2 Å². The number of nitrogens with one attached hydrogen (secondary N) is 2. The summed E-state index contributed by atoms with van der Waals surface area (Å²) < 4.78 is 5.62. The van der Waals surface area contributed by atoms with Crippen LogP contribution >= 0.6 is 11.6 Å². The van der Waals surface area contributed by atoms with Crippen LogP contribution in [0.1, 0.15) is 0 Å². The number of allylic oxidation sites excluding steroid dienone is 1. The van der Waals surface area contributed by atoms with E-state index >= 15 is 0 Å². The van der Waals surface area contributed by atoms with Crippen molar-refractivity contribution < 1.29 is 9.53 Å². The van der Waals surface area contributed by atoms with Crippen LogP contribution in [0, 0.1) is 5.41 Å². The van der Waals surface area contributed by atoms with Crippen LogP contribution in [0.5, 0.6) is 5.75 Å². The molecule has 1 fully saturated rings. The lowest BCUT2D eigenvalue weighted by atomic mass is 10.2. The van der Waals surface area contributed by atoms with Gasteiger partial charge in [-0.2, -0.15) is 0 Å². The highest BCUT2D eigenvalue weighted by Crippen LogP contribution is 2.34. The van der Waals surface area contributed by atoms with E-state index in [4.69, 9.17) is 21.7 Å².